The molecule has 0 amide bonds. The van der Waals surface area contributed by atoms with Crippen molar-refractivity contribution < 1.29 is 14.2 Å². The first-order valence-electron chi connectivity index (χ1n) is 9.04. The molecule has 0 bridgehead atoms. The molecule has 2 aromatic rings. The molecular formula is C21H30IN3O3. The monoisotopic (exact) mass is 499 g/mol. The first-order valence-corrected chi connectivity index (χ1v) is 9.04. The third-order valence-corrected chi connectivity index (χ3v) is 3.99. The number of nitrogens with zero attached hydrogens (tertiary/aromatic N) is 1. The number of nitrogens with one attached hydrogen (secondary N) is 2. The van der Waals surface area contributed by atoms with Crippen LogP contribution < -0.4 is 15.4 Å². The SMILES string of the molecule is CN=C(NCC(OC)c1ccccc1)Nc1cccc(OCCCOC)c1.I. The van der Waals surface area contributed by atoms with Gasteiger partial charge in [0.1, 0.15) is 5.75 Å². The highest BCUT2D eigenvalue weighted by Gasteiger charge is 2.11. The average Bonchev–Trinajstić information content (AvgIpc) is 2.72. The number of halogens is 1. The highest BCUT2D eigenvalue weighted by Crippen LogP contribution is 2.18. The topological polar surface area (TPSA) is 64.1 Å². The molecule has 2 aromatic carbocycles. The summed E-state index contributed by atoms with van der Waals surface area (Å²) in [5, 5.41) is 6.58. The van der Waals surface area contributed by atoms with Crippen molar-refractivity contribution in [3.63, 3.8) is 0 Å². The Kier molecular flexibility index (Phi) is 12.3. The van der Waals surface area contributed by atoms with E-state index in [1.165, 1.54) is 0 Å². The fraction of sp³-hybridized carbons (Fsp3) is 0.381. The molecule has 0 aliphatic rings. The van der Waals surface area contributed by atoms with Crippen molar-refractivity contribution in [2.24, 2.45) is 4.99 Å². The lowest BCUT2D eigenvalue weighted by Gasteiger charge is -2.19. The largest absolute Gasteiger partial charge is 0.493 e. The van der Waals surface area contributed by atoms with E-state index in [2.05, 4.69) is 27.8 Å². The van der Waals surface area contributed by atoms with Crippen molar-refractivity contribution in [3.05, 3.63) is 60.2 Å². The van der Waals surface area contributed by atoms with Crippen molar-refractivity contribution in [2.75, 3.05) is 46.3 Å². The molecule has 0 saturated carbocycles. The standard InChI is InChI=1S/C21H29N3O3.HI/c1-22-21(23-16-20(26-3)17-9-5-4-6-10-17)24-18-11-7-12-19(15-18)27-14-8-13-25-2;/h4-7,9-12,15,20H,8,13-14,16H2,1-3H3,(H2,22,23,24);1H. The van der Waals surface area contributed by atoms with Gasteiger partial charge >= 0.3 is 0 Å². The van der Waals surface area contributed by atoms with Crippen LogP contribution in [0.4, 0.5) is 5.69 Å². The fourth-order valence-electron chi connectivity index (χ4n) is 2.57. The number of aliphatic imine (C=N–C) groups is 1. The Morgan fingerprint density at radius 3 is 2.50 bits per heavy atom. The number of anilines is 1. The van der Waals surface area contributed by atoms with Gasteiger partial charge in [0.15, 0.2) is 5.96 Å². The van der Waals surface area contributed by atoms with Gasteiger partial charge in [-0.05, 0) is 17.7 Å². The Morgan fingerprint density at radius 1 is 1.04 bits per heavy atom. The molecule has 2 rings (SSSR count). The summed E-state index contributed by atoms with van der Waals surface area (Å²) in [6.07, 6.45) is 0.801. The maximum atomic E-state index is 5.74. The smallest absolute Gasteiger partial charge is 0.195 e. The van der Waals surface area contributed by atoms with Crippen LogP contribution in [0.3, 0.4) is 0 Å². The van der Waals surface area contributed by atoms with E-state index >= 15 is 0 Å². The first kappa shape index (κ1) is 24.2. The van der Waals surface area contributed by atoms with Crippen LogP contribution in [-0.2, 0) is 9.47 Å². The minimum absolute atomic E-state index is 0. The molecule has 0 spiro atoms. The summed E-state index contributed by atoms with van der Waals surface area (Å²) in [5.74, 6) is 1.48. The second-order valence-electron chi connectivity index (χ2n) is 5.94. The van der Waals surface area contributed by atoms with E-state index in [9.17, 15) is 0 Å². The van der Waals surface area contributed by atoms with Crippen molar-refractivity contribution in [2.45, 2.75) is 12.5 Å². The molecule has 0 saturated heterocycles. The molecule has 2 N–H and O–H groups in total. The number of hydrogen-bond donors (Lipinski definition) is 2. The van der Waals surface area contributed by atoms with Crippen LogP contribution in [0, 0.1) is 0 Å². The van der Waals surface area contributed by atoms with E-state index in [4.69, 9.17) is 14.2 Å². The predicted octanol–water partition coefficient (Wildman–Crippen LogP) is 4.09. The van der Waals surface area contributed by atoms with Gasteiger partial charge in [-0.15, -0.1) is 24.0 Å². The second kappa shape index (κ2) is 14.2. The van der Waals surface area contributed by atoms with Gasteiger partial charge in [0.25, 0.3) is 0 Å². The quantitative estimate of drug-likeness (QED) is 0.223. The van der Waals surface area contributed by atoms with Gasteiger partial charge in [0.2, 0.25) is 0 Å². The van der Waals surface area contributed by atoms with Crippen molar-refractivity contribution in [1.29, 1.82) is 0 Å². The molecule has 7 heteroatoms. The highest BCUT2D eigenvalue weighted by atomic mass is 127. The van der Waals surface area contributed by atoms with E-state index in [0.717, 1.165) is 23.4 Å². The van der Waals surface area contributed by atoms with Gasteiger partial charge in [-0.3, -0.25) is 4.99 Å². The van der Waals surface area contributed by atoms with Crippen LogP contribution in [0.15, 0.2) is 59.6 Å². The van der Waals surface area contributed by atoms with Gasteiger partial charge in [-0.2, -0.15) is 0 Å². The molecule has 28 heavy (non-hydrogen) atoms. The lowest BCUT2D eigenvalue weighted by Crippen LogP contribution is -2.34. The number of benzene rings is 2. The number of ether oxygens (including phenoxy) is 3. The van der Waals surface area contributed by atoms with E-state index in [0.29, 0.717) is 25.7 Å². The summed E-state index contributed by atoms with van der Waals surface area (Å²) >= 11 is 0. The summed E-state index contributed by atoms with van der Waals surface area (Å²) in [5.41, 5.74) is 2.02. The minimum atomic E-state index is -0.0554. The molecule has 1 atom stereocenters. The first-order chi connectivity index (χ1) is 13.3. The number of hydrogen-bond acceptors (Lipinski definition) is 4. The van der Waals surface area contributed by atoms with Gasteiger partial charge in [-0.25, -0.2) is 0 Å². The van der Waals surface area contributed by atoms with Crippen LogP contribution in [0.2, 0.25) is 0 Å². The molecule has 0 aromatic heterocycles. The summed E-state index contributed by atoms with van der Waals surface area (Å²) in [6, 6.07) is 17.9. The van der Waals surface area contributed by atoms with Gasteiger partial charge in [0, 0.05) is 52.6 Å². The average molecular weight is 499 g/mol. The Labute approximate surface area is 184 Å². The van der Waals surface area contributed by atoms with Gasteiger partial charge in [-0.1, -0.05) is 36.4 Å². The number of methoxy groups -OCH3 is 2. The highest BCUT2D eigenvalue weighted by molar-refractivity contribution is 14.0. The van der Waals surface area contributed by atoms with Crippen LogP contribution in [0.1, 0.15) is 18.1 Å². The minimum Gasteiger partial charge on any atom is -0.493 e. The Balaban J connectivity index is 0.00000392. The van der Waals surface area contributed by atoms with E-state index in [1.807, 2.05) is 42.5 Å². The van der Waals surface area contributed by atoms with Crippen molar-refractivity contribution in [1.82, 2.24) is 5.32 Å². The molecule has 0 aliphatic carbocycles. The van der Waals surface area contributed by atoms with E-state index in [1.54, 1.807) is 21.3 Å². The third kappa shape index (κ3) is 8.45. The summed E-state index contributed by atoms with van der Waals surface area (Å²) in [4.78, 5) is 4.28. The summed E-state index contributed by atoms with van der Waals surface area (Å²) in [6.45, 7) is 1.92. The predicted molar refractivity (Wildman–Crippen MR) is 125 cm³/mol. The maximum Gasteiger partial charge on any atom is 0.195 e. The Morgan fingerprint density at radius 2 is 1.82 bits per heavy atom. The zero-order valence-electron chi connectivity index (χ0n) is 16.7. The third-order valence-electron chi connectivity index (χ3n) is 3.99. The van der Waals surface area contributed by atoms with Crippen molar-refractivity contribution in [3.8, 4) is 5.75 Å². The zero-order valence-corrected chi connectivity index (χ0v) is 19.0. The van der Waals surface area contributed by atoms with E-state index < -0.39 is 0 Å². The molecule has 1 unspecified atom stereocenters. The van der Waals surface area contributed by atoms with Gasteiger partial charge < -0.3 is 24.8 Å². The lowest BCUT2D eigenvalue weighted by molar-refractivity contribution is 0.106. The van der Waals surface area contributed by atoms with E-state index in [-0.39, 0.29) is 30.1 Å². The summed E-state index contributed by atoms with van der Waals surface area (Å²) < 4.78 is 16.4. The second-order valence-corrected chi connectivity index (χ2v) is 5.94. The molecule has 0 radical (unpaired) electrons. The van der Waals surface area contributed by atoms with Crippen LogP contribution in [0.5, 0.6) is 5.75 Å². The fourth-order valence-corrected chi connectivity index (χ4v) is 2.57. The number of guanidine groups is 1. The molecule has 0 aliphatic heterocycles. The zero-order chi connectivity index (χ0) is 19.3. The van der Waals surface area contributed by atoms with Crippen molar-refractivity contribution >= 4 is 35.6 Å². The Bertz CT molecular complexity index is 698. The van der Waals surface area contributed by atoms with Crippen LogP contribution in [-0.4, -0.2) is 47.0 Å². The maximum absolute atomic E-state index is 5.74. The summed E-state index contributed by atoms with van der Waals surface area (Å²) in [7, 11) is 5.14. The Hall–Kier alpha value is -1.84. The molecule has 0 fully saturated rings. The molecule has 0 heterocycles. The lowest BCUT2D eigenvalue weighted by atomic mass is 10.1. The number of rotatable bonds is 10. The normalized spacial score (nSPS) is 12.0. The molecule has 154 valence electrons. The molecular weight excluding hydrogens is 469 g/mol. The van der Waals surface area contributed by atoms with Gasteiger partial charge in [0.05, 0.1) is 12.7 Å². The van der Waals surface area contributed by atoms with Crippen LogP contribution >= 0.6 is 24.0 Å². The van der Waals surface area contributed by atoms with Crippen LogP contribution in [0.25, 0.3) is 0 Å². The molecule has 6 nitrogen and oxygen atoms in total.